The molecule has 146 valence electrons. The lowest BCUT2D eigenvalue weighted by Crippen LogP contribution is -2.47. The molecule has 0 bridgehead atoms. The maximum atomic E-state index is 13.1. The van der Waals surface area contributed by atoms with Crippen molar-refractivity contribution in [1.29, 1.82) is 0 Å². The number of carbonyl (C=O) groups excluding carboxylic acids is 1. The third kappa shape index (κ3) is 3.83. The number of alkyl halides is 3. The van der Waals surface area contributed by atoms with Crippen LogP contribution in [-0.4, -0.2) is 47.1 Å². The number of aromatic nitrogens is 2. The van der Waals surface area contributed by atoms with Crippen molar-refractivity contribution in [2.45, 2.75) is 31.1 Å². The molecule has 7 nitrogen and oxygen atoms in total. The van der Waals surface area contributed by atoms with Gasteiger partial charge in [-0.1, -0.05) is 18.2 Å². The molecule has 1 atom stereocenters. The number of para-hydroxylation sites is 1. The van der Waals surface area contributed by atoms with Crippen LogP contribution in [-0.2, 0) is 27.9 Å². The third-order valence-electron chi connectivity index (χ3n) is 4.40. The van der Waals surface area contributed by atoms with E-state index in [4.69, 9.17) is 0 Å². The molecule has 0 amide bonds. The normalized spacial score (nSPS) is 18.8. The number of carbonyl (C=O) groups is 1. The highest BCUT2D eigenvalue weighted by atomic mass is 32.2. The Labute approximate surface area is 153 Å². The molecule has 1 unspecified atom stereocenters. The first-order valence-corrected chi connectivity index (χ1v) is 9.50. The van der Waals surface area contributed by atoms with Gasteiger partial charge in [0.15, 0.2) is 0 Å². The molecule has 1 N–H and O–H groups in total. The number of H-pyrrole nitrogens is 1. The van der Waals surface area contributed by atoms with E-state index >= 15 is 0 Å². The fraction of sp³-hybridized carbons (Fsp3) is 0.375. The number of aldehydes is 1. The van der Waals surface area contributed by atoms with Gasteiger partial charge in [0.1, 0.15) is 6.29 Å². The molecule has 0 spiro atoms. The smallest absolute Gasteiger partial charge is 0.361 e. The molecule has 3 rings (SSSR count). The van der Waals surface area contributed by atoms with Crippen molar-refractivity contribution in [3.8, 4) is 0 Å². The van der Waals surface area contributed by atoms with Crippen LogP contribution >= 0.6 is 0 Å². The first-order chi connectivity index (χ1) is 12.7. The number of fused-ring (bicyclic) bond motifs is 1. The van der Waals surface area contributed by atoms with Crippen molar-refractivity contribution >= 4 is 22.0 Å². The van der Waals surface area contributed by atoms with Gasteiger partial charge in [0.25, 0.3) is 0 Å². The molecule has 1 aromatic carbocycles. The zero-order chi connectivity index (χ0) is 19.7. The molecule has 0 saturated carbocycles. The van der Waals surface area contributed by atoms with Crippen molar-refractivity contribution in [2.24, 2.45) is 0 Å². The highest BCUT2D eigenvalue weighted by Crippen LogP contribution is 2.35. The first-order valence-electron chi connectivity index (χ1n) is 8.06. The lowest BCUT2D eigenvalue weighted by molar-refractivity contribution is -0.108. The zero-order valence-corrected chi connectivity index (χ0v) is 14.9. The van der Waals surface area contributed by atoms with Crippen molar-refractivity contribution in [2.75, 3.05) is 11.4 Å². The predicted molar refractivity (Wildman–Crippen MR) is 91.1 cm³/mol. The average Bonchev–Trinajstić information content (AvgIpc) is 3.06. The van der Waals surface area contributed by atoms with E-state index in [1.54, 1.807) is 35.4 Å². The van der Waals surface area contributed by atoms with Crippen LogP contribution < -0.4 is 4.90 Å². The molecule has 0 fully saturated rings. The number of nitrogens with one attached hydrogen (secondary N) is 1. The number of aromatic amines is 1. The standard InChI is InChI=1S/C16H17F3N4O3S/c17-16(18,19)27(25,26)22-8-12-3-1-2-4-15(12)23(14(10-22)5-6-24)9-13-7-20-11-21-13/h1-4,6-7,11,14H,5,8-10H2,(H,20,21). The summed E-state index contributed by atoms with van der Waals surface area (Å²) in [6, 6.07) is 5.87. The average molecular weight is 402 g/mol. The number of hydrogen-bond donors (Lipinski definition) is 1. The Kier molecular flexibility index (Phi) is 5.24. The lowest BCUT2D eigenvalue weighted by atomic mass is 10.1. The van der Waals surface area contributed by atoms with Crippen LogP contribution in [0.5, 0.6) is 0 Å². The highest BCUT2D eigenvalue weighted by Gasteiger charge is 2.51. The Hall–Kier alpha value is -2.40. The van der Waals surface area contributed by atoms with Gasteiger partial charge < -0.3 is 14.7 Å². The largest absolute Gasteiger partial charge is 0.511 e. The molecule has 1 aliphatic rings. The van der Waals surface area contributed by atoms with E-state index < -0.39 is 34.7 Å². The maximum absolute atomic E-state index is 13.1. The molecule has 2 aromatic rings. The molecule has 0 saturated heterocycles. The summed E-state index contributed by atoms with van der Waals surface area (Å²) in [7, 11) is -5.53. The van der Waals surface area contributed by atoms with Crippen LogP contribution in [0, 0.1) is 0 Å². The van der Waals surface area contributed by atoms with Crippen LogP contribution in [0.25, 0.3) is 0 Å². The van der Waals surface area contributed by atoms with Crippen molar-refractivity contribution < 1.29 is 26.4 Å². The molecule has 1 aromatic heterocycles. The summed E-state index contributed by atoms with van der Waals surface area (Å²) in [6.07, 6.45) is 3.49. The van der Waals surface area contributed by atoms with Crippen LogP contribution in [0.3, 0.4) is 0 Å². The van der Waals surface area contributed by atoms with E-state index in [2.05, 4.69) is 9.97 Å². The van der Waals surface area contributed by atoms with E-state index in [-0.39, 0.29) is 13.0 Å². The van der Waals surface area contributed by atoms with Crippen LogP contribution in [0.2, 0.25) is 0 Å². The van der Waals surface area contributed by atoms with Gasteiger partial charge in [0, 0.05) is 37.4 Å². The maximum Gasteiger partial charge on any atom is 0.511 e. The van der Waals surface area contributed by atoms with Gasteiger partial charge in [0.2, 0.25) is 0 Å². The number of anilines is 1. The zero-order valence-electron chi connectivity index (χ0n) is 14.1. The van der Waals surface area contributed by atoms with Gasteiger partial charge in [-0.25, -0.2) is 13.4 Å². The SMILES string of the molecule is O=CCC1CN(S(=O)(=O)C(F)(F)F)Cc2ccccc2N1Cc1cnc[nH]1. The fourth-order valence-electron chi connectivity index (χ4n) is 3.12. The van der Waals surface area contributed by atoms with E-state index in [0.717, 1.165) is 0 Å². The molecule has 2 heterocycles. The number of halogens is 3. The number of hydrogen-bond acceptors (Lipinski definition) is 5. The number of imidazole rings is 1. The second-order valence-corrected chi connectivity index (χ2v) is 8.06. The minimum Gasteiger partial charge on any atom is -0.361 e. The summed E-state index contributed by atoms with van der Waals surface area (Å²) >= 11 is 0. The van der Waals surface area contributed by atoms with Crippen molar-refractivity contribution in [3.05, 3.63) is 48.0 Å². The molecule has 27 heavy (non-hydrogen) atoms. The lowest BCUT2D eigenvalue weighted by Gasteiger charge is -2.32. The summed E-state index contributed by atoms with van der Waals surface area (Å²) in [5.41, 5.74) is -3.71. The minimum absolute atomic E-state index is 0.119. The van der Waals surface area contributed by atoms with E-state index in [1.165, 1.54) is 6.33 Å². The van der Waals surface area contributed by atoms with E-state index in [1.807, 2.05) is 0 Å². The van der Waals surface area contributed by atoms with Crippen LogP contribution in [0.1, 0.15) is 17.7 Å². The van der Waals surface area contributed by atoms with Crippen LogP contribution in [0.4, 0.5) is 18.9 Å². The van der Waals surface area contributed by atoms with Gasteiger partial charge in [-0.05, 0) is 11.6 Å². The molecule has 11 heteroatoms. The fourth-order valence-corrected chi connectivity index (χ4v) is 4.09. The number of rotatable bonds is 5. The summed E-state index contributed by atoms with van der Waals surface area (Å²) in [4.78, 5) is 19.7. The summed E-state index contributed by atoms with van der Waals surface area (Å²) < 4.78 is 63.8. The van der Waals surface area contributed by atoms with Crippen molar-refractivity contribution in [3.63, 3.8) is 0 Å². The topological polar surface area (TPSA) is 86.4 Å². The summed E-state index contributed by atoms with van der Waals surface area (Å²) in [5, 5.41) is 0. The van der Waals surface area contributed by atoms with E-state index in [9.17, 15) is 26.4 Å². The van der Waals surface area contributed by atoms with Crippen LogP contribution in [0.15, 0.2) is 36.8 Å². The number of benzene rings is 1. The highest BCUT2D eigenvalue weighted by molar-refractivity contribution is 7.89. The van der Waals surface area contributed by atoms with E-state index in [0.29, 0.717) is 27.5 Å². The first kappa shape index (κ1) is 19.4. The molecule has 0 radical (unpaired) electrons. The van der Waals surface area contributed by atoms with Gasteiger partial charge in [0.05, 0.1) is 18.6 Å². The summed E-state index contributed by atoms with van der Waals surface area (Å²) in [6.45, 7) is -0.633. The van der Waals surface area contributed by atoms with Crippen molar-refractivity contribution in [1.82, 2.24) is 14.3 Å². The number of nitrogens with zero attached hydrogens (tertiary/aromatic N) is 3. The van der Waals surface area contributed by atoms with Gasteiger partial charge in [-0.3, -0.25) is 0 Å². The second-order valence-electron chi connectivity index (χ2n) is 6.13. The molecule has 1 aliphatic heterocycles. The Morgan fingerprint density at radius 2 is 2.04 bits per heavy atom. The Morgan fingerprint density at radius 3 is 2.67 bits per heavy atom. The van der Waals surface area contributed by atoms with Gasteiger partial charge >= 0.3 is 15.5 Å². The predicted octanol–water partition coefficient (Wildman–Crippen LogP) is 2.04. The minimum atomic E-state index is -5.53. The Bertz CT molecular complexity index is 900. The van der Waals surface area contributed by atoms with Gasteiger partial charge in [-0.15, -0.1) is 0 Å². The third-order valence-corrected chi connectivity index (χ3v) is 5.94. The van der Waals surface area contributed by atoms with Gasteiger partial charge in [-0.2, -0.15) is 17.5 Å². The number of sulfonamides is 1. The Balaban J connectivity index is 2.07. The molecular weight excluding hydrogens is 385 g/mol. The summed E-state index contributed by atoms with van der Waals surface area (Å²) in [5.74, 6) is 0. The Morgan fingerprint density at radius 1 is 1.30 bits per heavy atom. The molecular formula is C16H17F3N4O3S. The quantitative estimate of drug-likeness (QED) is 0.774. The molecule has 0 aliphatic carbocycles. The monoisotopic (exact) mass is 402 g/mol. The second kappa shape index (κ2) is 7.31.